The van der Waals surface area contributed by atoms with Crippen molar-refractivity contribution in [3.8, 4) is 0 Å². The molecule has 6 heteroatoms. The Morgan fingerprint density at radius 3 is 2.96 bits per heavy atom. The summed E-state index contributed by atoms with van der Waals surface area (Å²) in [5.74, 6) is 2.50. The Kier molecular flexibility index (Phi) is 4.53. The maximum Gasteiger partial charge on any atom is 0.222 e. The van der Waals surface area contributed by atoms with E-state index in [9.17, 15) is 4.79 Å². The summed E-state index contributed by atoms with van der Waals surface area (Å²) in [6.45, 7) is 9.96. The molecule has 2 aromatic rings. The normalized spacial score (nSPS) is 19.3. The van der Waals surface area contributed by atoms with Crippen molar-refractivity contribution in [2.24, 2.45) is 5.92 Å². The van der Waals surface area contributed by atoms with Gasteiger partial charge in [-0.15, -0.1) is 11.3 Å². The highest BCUT2D eigenvalue weighted by molar-refractivity contribution is 7.17. The van der Waals surface area contributed by atoms with Crippen LogP contribution < -0.4 is 10.2 Å². The fourth-order valence-electron chi connectivity index (χ4n) is 3.18. The van der Waals surface area contributed by atoms with Gasteiger partial charge >= 0.3 is 0 Å². The largest absolute Gasteiger partial charge is 0.354 e. The van der Waals surface area contributed by atoms with Crippen LogP contribution in [0, 0.1) is 12.8 Å². The predicted octanol–water partition coefficient (Wildman–Crippen LogP) is 2.91. The number of anilines is 1. The van der Waals surface area contributed by atoms with Crippen molar-refractivity contribution in [1.29, 1.82) is 0 Å². The number of aromatic nitrogens is 2. The number of carbonyl (C=O) groups excluding carboxylic acids is 1. The zero-order valence-corrected chi connectivity index (χ0v) is 15.0. The second-order valence-corrected chi connectivity index (χ2v) is 7.59. The van der Waals surface area contributed by atoms with E-state index in [4.69, 9.17) is 4.98 Å². The fourth-order valence-corrected chi connectivity index (χ4v) is 4.18. The van der Waals surface area contributed by atoms with Crippen LogP contribution in [0.3, 0.4) is 0 Å². The molecule has 2 aromatic heterocycles. The maximum absolute atomic E-state index is 11.8. The Labute approximate surface area is 141 Å². The summed E-state index contributed by atoms with van der Waals surface area (Å²) in [6, 6.07) is 0.141. The minimum absolute atomic E-state index is 0.120. The first kappa shape index (κ1) is 16.2. The number of fused-ring (bicyclic) bond motifs is 1. The van der Waals surface area contributed by atoms with Gasteiger partial charge in [0.2, 0.25) is 5.91 Å². The highest BCUT2D eigenvalue weighted by Gasteiger charge is 2.26. The summed E-state index contributed by atoms with van der Waals surface area (Å²) in [4.78, 5) is 24.5. The maximum atomic E-state index is 11.8. The molecule has 0 radical (unpaired) electrons. The summed E-state index contributed by atoms with van der Waals surface area (Å²) in [5.41, 5.74) is 1.32. The molecule has 0 aliphatic carbocycles. The van der Waals surface area contributed by atoms with Gasteiger partial charge in [0, 0.05) is 25.6 Å². The van der Waals surface area contributed by atoms with E-state index in [0.717, 1.165) is 29.4 Å². The molecule has 3 rings (SSSR count). The molecule has 1 atom stereocenters. The molecule has 5 nitrogen and oxygen atoms in total. The molecular formula is C17H24N4OS. The van der Waals surface area contributed by atoms with Crippen LogP contribution in [-0.4, -0.2) is 35.0 Å². The summed E-state index contributed by atoms with van der Waals surface area (Å²) < 4.78 is 0. The average Bonchev–Trinajstić information content (AvgIpc) is 2.75. The predicted molar refractivity (Wildman–Crippen MR) is 95.1 cm³/mol. The van der Waals surface area contributed by atoms with Gasteiger partial charge in [-0.05, 0) is 37.1 Å². The van der Waals surface area contributed by atoms with Crippen LogP contribution in [0.1, 0.15) is 38.6 Å². The number of aryl methyl sites for hydroxylation is 1. The molecule has 0 aromatic carbocycles. The topological polar surface area (TPSA) is 58.1 Å². The Morgan fingerprint density at radius 1 is 1.43 bits per heavy atom. The number of carbonyl (C=O) groups is 1. The van der Waals surface area contributed by atoms with Crippen molar-refractivity contribution in [2.45, 2.75) is 46.6 Å². The van der Waals surface area contributed by atoms with E-state index in [1.54, 1.807) is 11.3 Å². The number of hydrogen-bond donors (Lipinski definition) is 1. The lowest BCUT2D eigenvalue weighted by Gasteiger charge is -2.28. The minimum atomic E-state index is 0.120. The SMILES string of the molecule is Cc1nc(N2CCNC(=O)CC2C)c2c(CC(C)C)csc2n1. The number of rotatable bonds is 3. The van der Waals surface area contributed by atoms with Crippen molar-refractivity contribution in [2.75, 3.05) is 18.0 Å². The highest BCUT2D eigenvalue weighted by Crippen LogP contribution is 2.34. The lowest BCUT2D eigenvalue weighted by molar-refractivity contribution is -0.120. The molecule has 1 aliphatic heterocycles. The van der Waals surface area contributed by atoms with Crippen LogP contribution in [0.25, 0.3) is 10.2 Å². The number of amides is 1. The van der Waals surface area contributed by atoms with Crippen molar-refractivity contribution in [3.63, 3.8) is 0 Å². The van der Waals surface area contributed by atoms with E-state index >= 15 is 0 Å². The minimum Gasteiger partial charge on any atom is -0.354 e. The zero-order chi connectivity index (χ0) is 16.6. The molecule has 0 saturated carbocycles. The van der Waals surface area contributed by atoms with Crippen LogP contribution in [0.5, 0.6) is 0 Å². The van der Waals surface area contributed by atoms with Gasteiger partial charge in [0.15, 0.2) is 0 Å². The molecule has 1 saturated heterocycles. The van der Waals surface area contributed by atoms with Crippen molar-refractivity contribution in [3.05, 3.63) is 16.8 Å². The van der Waals surface area contributed by atoms with Crippen LogP contribution in [-0.2, 0) is 11.2 Å². The highest BCUT2D eigenvalue weighted by atomic mass is 32.1. The number of thiophene rings is 1. The van der Waals surface area contributed by atoms with Gasteiger partial charge in [0.1, 0.15) is 16.5 Å². The van der Waals surface area contributed by atoms with E-state index < -0.39 is 0 Å². The number of nitrogens with zero attached hydrogens (tertiary/aromatic N) is 3. The Hall–Kier alpha value is -1.69. The first-order valence-corrected chi connectivity index (χ1v) is 9.11. The van der Waals surface area contributed by atoms with Crippen molar-refractivity contribution in [1.82, 2.24) is 15.3 Å². The molecule has 1 N–H and O–H groups in total. The molecule has 3 heterocycles. The molecule has 1 amide bonds. The van der Waals surface area contributed by atoms with Gasteiger partial charge in [0.05, 0.1) is 5.39 Å². The third kappa shape index (κ3) is 3.32. The van der Waals surface area contributed by atoms with Gasteiger partial charge < -0.3 is 10.2 Å². The quantitative estimate of drug-likeness (QED) is 0.939. The third-order valence-corrected chi connectivity index (χ3v) is 5.11. The number of hydrogen-bond acceptors (Lipinski definition) is 5. The second-order valence-electron chi connectivity index (χ2n) is 6.73. The van der Waals surface area contributed by atoms with Crippen LogP contribution in [0.4, 0.5) is 5.82 Å². The van der Waals surface area contributed by atoms with E-state index in [2.05, 4.69) is 41.4 Å². The standard InChI is InChI=1S/C17H24N4OS/c1-10(2)7-13-9-23-17-15(13)16(19-12(4)20-17)21-6-5-18-14(22)8-11(21)3/h9-11H,5-8H2,1-4H3,(H,18,22). The Bertz CT molecular complexity index is 725. The van der Waals surface area contributed by atoms with Gasteiger partial charge in [-0.2, -0.15) is 0 Å². The molecule has 1 aliphatic rings. The van der Waals surface area contributed by atoms with E-state index in [0.29, 0.717) is 18.9 Å². The summed E-state index contributed by atoms with van der Waals surface area (Å²) in [6.07, 6.45) is 1.53. The fraction of sp³-hybridized carbons (Fsp3) is 0.588. The van der Waals surface area contributed by atoms with E-state index in [1.807, 2.05) is 6.92 Å². The average molecular weight is 332 g/mol. The van der Waals surface area contributed by atoms with Crippen LogP contribution >= 0.6 is 11.3 Å². The molecule has 124 valence electrons. The van der Waals surface area contributed by atoms with E-state index in [-0.39, 0.29) is 11.9 Å². The second kappa shape index (κ2) is 6.43. The lowest BCUT2D eigenvalue weighted by Crippen LogP contribution is -2.35. The monoisotopic (exact) mass is 332 g/mol. The van der Waals surface area contributed by atoms with Crippen LogP contribution in [0.2, 0.25) is 0 Å². The Morgan fingerprint density at radius 2 is 2.22 bits per heavy atom. The molecule has 1 fully saturated rings. The van der Waals surface area contributed by atoms with E-state index in [1.165, 1.54) is 10.9 Å². The lowest BCUT2D eigenvalue weighted by atomic mass is 10.0. The molecule has 23 heavy (non-hydrogen) atoms. The van der Waals surface area contributed by atoms with Crippen LogP contribution in [0.15, 0.2) is 5.38 Å². The van der Waals surface area contributed by atoms with Crippen molar-refractivity contribution >= 4 is 33.3 Å². The summed E-state index contributed by atoms with van der Waals surface area (Å²) >= 11 is 1.69. The summed E-state index contributed by atoms with van der Waals surface area (Å²) in [7, 11) is 0. The Balaban J connectivity index is 2.11. The molecule has 0 bridgehead atoms. The van der Waals surface area contributed by atoms with Gasteiger partial charge in [-0.25, -0.2) is 9.97 Å². The first-order chi connectivity index (χ1) is 11.0. The number of nitrogens with one attached hydrogen (secondary N) is 1. The first-order valence-electron chi connectivity index (χ1n) is 8.23. The third-order valence-electron chi connectivity index (χ3n) is 4.19. The van der Waals surface area contributed by atoms with Crippen molar-refractivity contribution < 1.29 is 4.79 Å². The zero-order valence-electron chi connectivity index (χ0n) is 14.2. The van der Waals surface area contributed by atoms with Gasteiger partial charge in [-0.3, -0.25) is 4.79 Å². The van der Waals surface area contributed by atoms with Gasteiger partial charge in [-0.1, -0.05) is 13.8 Å². The summed E-state index contributed by atoms with van der Waals surface area (Å²) in [5, 5.41) is 6.35. The molecule has 1 unspecified atom stereocenters. The smallest absolute Gasteiger partial charge is 0.222 e. The molecule has 0 spiro atoms. The van der Waals surface area contributed by atoms with Gasteiger partial charge in [0.25, 0.3) is 0 Å². The molecular weight excluding hydrogens is 308 g/mol.